The number of aryl methyl sites for hydroxylation is 1. The highest BCUT2D eigenvalue weighted by Gasteiger charge is 2.11. The minimum absolute atomic E-state index is 0.880. The Labute approximate surface area is 141 Å². The number of likely N-dealkylation sites (N-methyl/N-ethyl adjacent to an activating group) is 1. The van der Waals surface area contributed by atoms with Crippen LogP contribution < -0.4 is 10.6 Å². The van der Waals surface area contributed by atoms with E-state index < -0.39 is 0 Å². The van der Waals surface area contributed by atoms with Gasteiger partial charge < -0.3 is 10.6 Å². The van der Waals surface area contributed by atoms with Gasteiger partial charge in [-0.2, -0.15) is 0 Å². The molecule has 0 atom stereocenters. The number of pyridine rings is 1. The standard InChI is InChI=1S/C21H21N3/c1-14-7-9-17-19(13-14)24-21-16-6-4-3-5-15(16)8-10-18(21)20(17)23-12-11-22-2/h3-10,13,22H,11-12H2,1-2H3,(H,23,24). The lowest BCUT2D eigenvalue weighted by atomic mass is 10.0. The third-order valence-corrected chi connectivity index (χ3v) is 4.50. The predicted molar refractivity (Wildman–Crippen MR) is 104 cm³/mol. The number of fused-ring (bicyclic) bond motifs is 4. The smallest absolute Gasteiger partial charge is 0.0808 e. The summed E-state index contributed by atoms with van der Waals surface area (Å²) in [4.78, 5) is 5.00. The first-order valence-electron chi connectivity index (χ1n) is 8.38. The lowest BCUT2D eigenvalue weighted by Crippen LogP contribution is -2.18. The van der Waals surface area contributed by atoms with Gasteiger partial charge in [-0.25, -0.2) is 4.98 Å². The number of anilines is 1. The molecule has 1 aromatic heterocycles. The van der Waals surface area contributed by atoms with Crippen LogP contribution in [0.4, 0.5) is 5.69 Å². The second kappa shape index (κ2) is 6.10. The maximum atomic E-state index is 5.00. The Bertz CT molecular complexity index is 1040. The van der Waals surface area contributed by atoms with Crippen molar-refractivity contribution < 1.29 is 0 Å². The van der Waals surface area contributed by atoms with E-state index in [1.807, 2.05) is 7.05 Å². The fraction of sp³-hybridized carbons (Fsp3) is 0.190. The Morgan fingerprint density at radius 3 is 2.58 bits per heavy atom. The van der Waals surface area contributed by atoms with Crippen molar-refractivity contribution in [1.29, 1.82) is 0 Å². The average molecular weight is 315 g/mol. The quantitative estimate of drug-likeness (QED) is 0.331. The van der Waals surface area contributed by atoms with Crippen molar-refractivity contribution in [2.45, 2.75) is 6.92 Å². The molecule has 0 saturated carbocycles. The molecule has 0 aliphatic heterocycles. The summed E-state index contributed by atoms with van der Waals surface area (Å²) in [6.45, 7) is 3.92. The van der Waals surface area contributed by atoms with Gasteiger partial charge in [-0.15, -0.1) is 0 Å². The van der Waals surface area contributed by atoms with Crippen LogP contribution in [0, 0.1) is 6.92 Å². The molecule has 0 aliphatic rings. The third-order valence-electron chi connectivity index (χ3n) is 4.50. The van der Waals surface area contributed by atoms with Gasteiger partial charge >= 0.3 is 0 Å². The molecule has 0 unspecified atom stereocenters. The van der Waals surface area contributed by atoms with Crippen LogP contribution in [0.5, 0.6) is 0 Å². The number of hydrogen-bond acceptors (Lipinski definition) is 3. The van der Waals surface area contributed by atoms with Gasteiger partial charge in [0.2, 0.25) is 0 Å². The summed E-state index contributed by atoms with van der Waals surface area (Å²) in [5.41, 5.74) is 4.52. The van der Waals surface area contributed by atoms with E-state index in [1.165, 1.54) is 32.8 Å². The van der Waals surface area contributed by atoms with E-state index in [9.17, 15) is 0 Å². The highest BCUT2D eigenvalue weighted by Crippen LogP contribution is 2.34. The summed E-state index contributed by atoms with van der Waals surface area (Å²) in [5, 5.41) is 11.6. The number of hydrogen-bond donors (Lipinski definition) is 2. The van der Waals surface area contributed by atoms with E-state index in [1.54, 1.807) is 0 Å². The van der Waals surface area contributed by atoms with Crippen LogP contribution >= 0.6 is 0 Å². The zero-order chi connectivity index (χ0) is 16.5. The third kappa shape index (κ3) is 2.47. The Kier molecular flexibility index (Phi) is 3.79. The van der Waals surface area contributed by atoms with Crippen molar-refractivity contribution in [1.82, 2.24) is 10.3 Å². The van der Waals surface area contributed by atoms with Gasteiger partial charge in [0.25, 0.3) is 0 Å². The molecule has 0 saturated heterocycles. The Morgan fingerprint density at radius 1 is 0.875 bits per heavy atom. The number of rotatable bonds is 4. The maximum Gasteiger partial charge on any atom is 0.0808 e. The van der Waals surface area contributed by atoms with Crippen LogP contribution in [0.15, 0.2) is 54.6 Å². The second-order valence-electron chi connectivity index (χ2n) is 6.22. The Hall–Kier alpha value is -2.65. The summed E-state index contributed by atoms with van der Waals surface area (Å²) in [6, 6.07) is 19.3. The van der Waals surface area contributed by atoms with E-state index in [4.69, 9.17) is 4.98 Å². The summed E-state index contributed by atoms with van der Waals surface area (Å²) in [5.74, 6) is 0. The Morgan fingerprint density at radius 2 is 1.71 bits per heavy atom. The monoisotopic (exact) mass is 315 g/mol. The van der Waals surface area contributed by atoms with Crippen LogP contribution in [0.25, 0.3) is 32.6 Å². The van der Waals surface area contributed by atoms with Gasteiger partial charge in [-0.1, -0.05) is 48.5 Å². The van der Waals surface area contributed by atoms with Gasteiger partial charge in [0.15, 0.2) is 0 Å². The zero-order valence-corrected chi connectivity index (χ0v) is 14.1. The molecule has 0 spiro atoms. The molecule has 4 rings (SSSR count). The van der Waals surface area contributed by atoms with E-state index in [2.05, 4.69) is 72.2 Å². The molecular formula is C21H21N3. The van der Waals surface area contributed by atoms with Crippen LogP contribution in [-0.4, -0.2) is 25.1 Å². The normalized spacial score (nSPS) is 11.4. The minimum atomic E-state index is 0.880. The molecule has 0 aliphatic carbocycles. The molecule has 0 radical (unpaired) electrons. The summed E-state index contributed by atoms with van der Waals surface area (Å²) in [6.07, 6.45) is 0. The number of nitrogens with zero attached hydrogens (tertiary/aromatic N) is 1. The minimum Gasteiger partial charge on any atom is -0.383 e. The fourth-order valence-electron chi connectivity index (χ4n) is 3.29. The summed E-state index contributed by atoms with van der Waals surface area (Å²) < 4.78 is 0. The molecule has 3 aromatic carbocycles. The lowest BCUT2D eigenvalue weighted by molar-refractivity contribution is 0.825. The maximum absolute atomic E-state index is 5.00. The zero-order valence-electron chi connectivity index (χ0n) is 14.1. The number of benzene rings is 3. The molecule has 0 amide bonds. The molecule has 1 heterocycles. The average Bonchev–Trinajstić information content (AvgIpc) is 2.61. The van der Waals surface area contributed by atoms with Gasteiger partial charge in [-0.3, -0.25) is 0 Å². The van der Waals surface area contributed by atoms with Crippen LogP contribution in [0.1, 0.15) is 5.56 Å². The topological polar surface area (TPSA) is 37.0 Å². The molecule has 4 aromatic rings. The van der Waals surface area contributed by atoms with Crippen molar-refractivity contribution in [2.24, 2.45) is 0 Å². The molecule has 3 nitrogen and oxygen atoms in total. The van der Waals surface area contributed by atoms with Gasteiger partial charge in [-0.05, 0) is 31.0 Å². The van der Waals surface area contributed by atoms with Gasteiger partial charge in [0.1, 0.15) is 0 Å². The van der Waals surface area contributed by atoms with Crippen molar-refractivity contribution in [3.8, 4) is 0 Å². The lowest BCUT2D eigenvalue weighted by Gasteiger charge is -2.15. The number of nitrogens with one attached hydrogen (secondary N) is 2. The molecular weight excluding hydrogens is 294 g/mol. The van der Waals surface area contributed by atoms with Crippen molar-refractivity contribution in [3.63, 3.8) is 0 Å². The van der Waals surface area contributed by atoms with Crippen molar-refractivity contribution >= 4 is 38.3 Å². The Balaban J connectivity index is 2.07. The SMILES string of the molecule is CNCCNc1c2ccc(C)cc2nc2c1ccc1ccccc12. The van der Waals surface area contributed by atoms with Crippen LogP contribution in [0.2, 0.25) is 0 Å². The van der Waals surface area contributed by atoms with Crippen LogP contribution in [-0.2, 0) is 0 Å². The number of aromatic nitrogens is 1. The largest absolute Gasteiger partial charge is 0.383 e. The van der Waals surface area contributed by atoms with E-state index in [0.717, 1.165) is 24.1 Å². The highest BCUT2D eigenvalue weighted by atomic mass is 14.9. The summed E-state index contributed by atoms with van der Waals surface area (Å²) >= 11 is 0. The second-order valence-corrected chi connectivity index (χ2v) is 6.22. The molecule has 24 heavy (non-hydrogen) atoms. The molecule has 120 valence electrons. The van der Waals surface area contributed by atoms with Gasteiger partial charge in [0.05, 0.1) is 16.7 Å². The predicted octanol–water partition coefficient (Wildman–Crippen LogP) is 4.48. The molecule has 0 bridgehead atoms. The molecule has 2 N–H and O–H groups in total. The molecule has 0 fully saturated rings. The van der Waals surface area contributed by atoms with Gasteiger partial charge in [0, 0.05) is 29.2 Å². The van der Waals surface area contributed by atoms with E-state index >= 15 is 0 Å². The van der Waals surface area contributed by atoms with E-state index in [0.29, 0.717) is 0 Å². The van der Waals surface area contributed by atoms with Crippen molar-refractivity contribution in [2.75, 3.05) is 25.5 Å². The van der Waals surface area contributed by atoms with Crippen molar-refractivity contribution in [3.05, 3.63) is 60.2 Å². The van der Waals surface area contributed by atoms with Crippen LogP contribution in [0.3, 0.4) is 0 Å². The first kappa shape index (κ1) is 14.9. The molecule has 3 heteroatoms. The van der Waals surface area contributed by atoms with E-state index in [-0.39, 0.29) is 0 Å². The summed E-state index contributed by atoms with van der Waals surface area (Å²) in [7, 11) is 1.97. The first-order valence-corrected chi connectivity index (χ1v) is 8.38. The highest BCUT2D eigenvalue weighted by molar-refractivity contribution is 6.15. The first-order chi connectivity index (χ1) is 11.8. The fourth-order valence-corrected chi connectivity index (χ4v) is 3.29.